The lowest BCUT2D eigenvalue weighted by molar-refractivity contribution is -0.122. The Morgan fingerprint density at radius 3 is 0.976 bits per heavy atom. The molecule has 2 saturated heterocycles. The van der Waals surface area contributed by atoms with Gasteiger partial charge in [-0.3, -0.25) is 19.4 Å². The number of carbonyl (C=O) groups is 2. The van der Waals surface area contributed by atoms with Gasteiger partial charge in [0, 0.05) is 51.4 Å². The number of unbranched alkanes of at least 4 members (excludes halogenated alkanes) is 36. The van der Waals surface area contributed by atoms with Crippen molar-refractivity contribution in [2.75, 3.05) is 52.5 Å². The number of aliphatic hydroxyl groups excluding tert-OH is 4. The molecule has 4 unspecified atom stereocenters. The Morgan fingerprint density at radius 1 is 0.378 bits per heavy atom. The minimum absolute atomic E-state index is 0.0408. The summed E-state index contributed by atoms with van der Waals surface area (Å²) in [4.78, 5) is 31.4. The van der Waals surface area contributed by atoms with E-state index in [-0.39, 0.29) is 35.9 Å². The first-order valence-corrected chi connectivity index (χ1v) is 36.3. The molecule has 8 atom stereocenters. The second-order valence-corrected chi connectivity index (χ2v) is 26.5. The predicted octanol–water partition coefficient (Wildman–Crippen LogP) is 16.7. The number of Topliss-reactive ketones (excluding diaryl/α,β-unsaturated/α-hetero) is 1. The second-order valence-electron chi connectivity index (χ2n) is 26.5. The first-order chi connectivity index (χ1) is 40.1. The smallest absolute Gasteiger partial charge is 0.220 e. The first-order valence-electron chi connectivity index (χ1n) is 36.3. The molecule has 2 heterocycles. The zero-order valence-electron chi connectivity index (χ0n) is 54.7. The molecule has 0 aliphatic carbocycles. The molecule has 1 amide bonds. The highest BCUT2D eigenvalue weighted by Crippen LogP contribution is 2.34. The molecule has 11 heteroatoms. The number of rotatable bonds is 63. The van der Waals surface area contributed by atoms with Gasteiger partial charge in [0.25, 0.3) is 0 Å². The van der Waals surface area contributed by atoms with Crippen LogP contribution in [0, 0.1) is 5.92 Å². The molecule has 0 aromatic carbocycles. The van der Waals surface area contributed by atoms with Gasteiger partial charge in [-0.25, -0.2) is 0 Å². The predicted molar refractivity (Wildman–Crippen MR) is 346 cm³/mol. The van der Waals surface area contributed by atoms with E-state index in [9.17, 15) is 30.0 Å². The van der Waals surface area contributed by atoms with Crippen LogP contribution in [0.4, 0.5) is 0 Å². The minimum atomic E-state index is -0.445. The SMILES string of the molecule is CCCCCCCCCCCCC(O)CN(CCCC(=O)C[C@H]1CO[C@H]2[C@@H]1OC[C@@H]2NC(=O)CCCN(CC(O)CCCCCCCCCCCC)CC(O)CCCCCCCCCCCC)CC(O)CCCCCCCCCCCC. The standard InChI is InChI=1S/C71H139N3O8/c1-5-9-13-17-21-25-29-33-37-41-47-64(76)56-73(57-65(77)48-42-38-34-30-26-22-18-14-10-6-2)53-45-51-63(75)55-62-60-81-71-68(61-82-70(62)71)72-69(80)52-46-54-74(58-66(78)49-43-39-35-31-27-23-19-15-11-7-3)59-67(79)50-44-40-36-32-28-24-20-16-12-8-4/h62,64-68,70-71,76-79H,5-61H2,1-4H3,(H,72,80)/t62-,64?,65?,66?,67?,68-,70+,71+/m0/s1. The molecule has 2 aliphatic rings. The monoisotopic (exact) mass is 1160 g/mol. The van der Waals surface area contributed by atoms with Gasteiger partial charge < -0.3 is 35.2 Å². The van der Waals surface area contributed by atoms with Crippen molar-refractivity contribution >= 4 is 11.7 Å². The van der Waals surface area contributed by atoms with Crippen LogP contribution in [0.1, 0.15) is 342 Å². The Morgan fingerprint density at radius 2 is 0.659 bits per heavy atom. The van der Waals surface area contributed by atoms with Gasteiger partial charge in [-0.15, -0.1) is 0 Å². The zero-order valence-corrected chi connectivity index (χ0v) is 54.7. The summed E-state index contributed by atoms with van der Waals surface area (Å²) in [6, 6.07) is -0.258. The molecular formula is C71H139N3O8. The number of fused-ring (bicyclic) bond motifs is 1. The van der Waals surface area contributed by atoms with E-state index in [1.165, 1.54) is 205 Å². The minimum Gasteiger partial charge on any atom is -0.392 e. The van der Waals surface area contributed by atoms with Crippen LogP contribution in [0.25, 0.3) is 0 Å². The number of hydrogen-bond donors (Lipinski definition) is 5. The molecule has 0 bridgehead atoms. The van der Waals surface area contributed by atoms with Crippen LogP contribution in [0.15, 0.2) is 0 Å². The molecule has 2 aliphatic heterocycles. The van der Waals surface area contributed by atoms with Crippen LogP contribution >= 0.6 is 0 Å². The number of nitrogens with zero attached hydrogens (tertiary/aromatic N) is 2. The molecule has 2 rings (SSSR count). The average molecular weight is 1160 g/mol. The molecule has 0 aromatic rings. The van der Waals surface area contributed by atoms with Crippen molar-refractivity contribution in [3.63, 3.8) is 0 Å². The van der Waals surface area contributed by atoms with Gasteiger partial charge in [0.05, 0.1) is 49.8 Å². The molecule has 0 saturated carbocycles. The van der Waals surface area contributed by atoms with E-state index in [1.807, 2.05) is 0 Å². The van der Waals surface area contributed by atoms with Crippen molar-refractivity contribution in [2.24, 2.45) is 5.92 Å². The maximum absolute atomic E-state index is 13.5. The van der Waals surface area contributed by atoms with Crippen molar-refractivity contribution in [1.82, 2.24) is 15.1 Å². The number of amides is 1. The fourth-order valence-electron chi connectivity index (χ4n) is 13.1. The van der Waals surface area contributed by atoms with Crippen molar-refractivity contribution in [1.29, 1.82) is 0 Å². The van der Waals surface area contributed by atoms with Crippen molar-refractivity contribution < 1.29 is 39.5 Å². The summed E-state index contributed by atoms with van der Waals surface area (Å²) in [5, 5.41) is 47.9. The van der Waals surface area contributed by atoms with Crippen LogP contribution in [0.5, 0.6) is 0 Å². The third kappa shape index (κ3) is 43.4. The molecule has 11 nitrogen and oxygen atoms in total. The number of ketones is 1. The first kappa shape index (κ1) is 76.9. The largest absolute Gasteiger partial charge is 0.392 e. The average Bonchev–Trinajstić information content (AvgIpc) is 4.08. The molecule has 0 aromatic heterocycles. The second kappa shape index (κ2) is 55.2. The number of carbonyl (C=O) groups excluding carboxylic acids is 2. The molecule has 2 fully saturated rings. The Labute approximate surface area is 507 Å². The van der Waals surface area contributed by atoms with Gasteiger partial charge in [0.1, 0.15) is 11.9 Å². The lowest BCUT2D eigenvalue weighted by Crippen LogP contribution is -2.44. The van der Waals surface area contributed by atoms with E-state index >= 15 is 0 Å². The lowest BCUT2D eigenvalue weighted by Gasteiger charge is -2.27. The lowest BCUT2D eigenvalue weighted by atomic mass is 9.93. The normalized spacial score (nSPS) is 18.7. The fourth-order valence-corrected chi connectivity index (χ4v) is 13.1. The highest BCUT2D eigenvalue weighted by Gasteiger charge is 2.48. The van der Waals surface area contributed by atoms with Gasteiger partial charge in [0.2, 0.25) is 5.91 Å². The van der Waals surface area contributed by atoms with E-state index < -0.39 is 24.4 Å². The van der Waals surface area contributed by atoms with E-state index in [0.29, 0.717) is 84.6 Å². The van der Waals surface area contributed by atoms with Crippen molar-refractivity contribution in [2.45, 2.75) is 385 Å². The number of hydrogen-bond acceptors (Lipinski definition) is 10. The summed E-state index contributed by atoms with van der Waals surface area (Å²) in [5.41, 5.74) is 0. The van der Waals surface area contributed by atoms with Gasteiger partial charge in [0.15, 0.2) is 0 Å². The molecule has 0 radical (unpaired) electrons. The van der Waals surface area contributed by atoms with E-state index in [4.69, 9.17) is 9.47 Å². The molecule has 5 N–H and O–H groups in total. The number of nitrogens with one attached hydrogen (secondary N) is 1. The maximum Gasteiger partial charge on any atom is 0.220 e. The van der Waals surface area contributed by atoms with Gasteiger partial charge in [-0.2, -0.15) is 0 Å². The Kier molecular flexibility index (Phi) is 51.7. The van der Waals surface area contributed by atoms with Crippen LogP contribution in [-0.2, 0) is 19.1 Å². The Balaban J connectivity index is 1.82. The fraction of sp³-hybridized carbons (Fsp3) is 0.972. The van der Waals surface area contributed by atoms with Crippen molar-refractivity contribution in [3.05, 3.63) is 0 Å². The van der Waals surface area contributed by atoms with Crippen LogP contribution in [-0.4, -0.2) is 137 Å². The van der Waals surface area contributed by atoms with Gasteiger partial charge in [-0.05, 0) is 51.6 Å². The summed E-state index contributed by atoms with van der Waals surface area (Å²) in [6.07, 6.45) is 54.1. The summed E-state index contributed by atoms with van der Waals surface area (Å²) < 4.78 is 12.5. The number of ether oxygens (including phenoxy) is 2. The highest BCUT2D eigenvalue weighted by molar-refractivity contribution is 5.79. The van der Waals surface area contributed by atoms with Gasteiger partial charge in [-0.1, -0.05) is 285 Å². The summed E-state index contributed by atoms with van der Waals surface area (Å²) in [7, 11) is 0. The third-order valence-corrected chi connectivity index (χ3v) is 18.2. The zero-order chi connectivity index (χ0) is 59.4. The van der Waals surface area contributed by atoms with Gasteiger partial charge >= 0.3 is 0 Å². The topological polar surface area (TPSA) is 152 Å². The molecule has 486 valence electrons. The Hall–Kier alpha value is -1.18. The summed E-state index contributed by atoms with van der Waals surface area (Å²) in [6.45, 7) is 13.3. The summed E-state index contributed by atoms with van der Waals surface area (Å²) >= 11 is 0. The summed E-state index contributed by atoms with van der Waals surface area (Å²) in [5.74, 6) is 0.100. The van der Waals surface area contributed by atoms with Crippen LogP contribution < -0.4 is 5.32 Å². The third-order valence-electron chi connectivity index (χ3n) is 18.2. The quantitative estimate of drug-likeness (QED) is 0.0372. The van der Waals surface area contributed by atoms with Crippen molar-refractivity contribution in [3.8, 4) is 0 Å². The molecular weight excluding hydrogens is 1020 g/mol. The van der Waals surface area contributed by atoms with Crippen LogP contribution in [0.2, 0.25) is 0 Å². The van der Waals surface area contributed by atoms with E-state index in [0.717, 1.165) is 77.0 Å². The Bertz CT molecular complexity index is 1240. The van der Waals surface area contributed by atoms with E-state index in [2.05, 4.69) is 42.8 Å². The highest BCUT2D eigenvalue weighted by atomic mass is 16.6. The molecule has 0 spiro atoms. The van der Waals surface area contributed by atoms with E-state index in [1.54, 1.807) is 0 Å². The van der Waals surface area contributed by atoms with Crippen LogP contribution in [0.3, 0.4) is 0 Å². The number of aliphatic hydroxyl groups is 4. The molecule has 82 heavy (non-hydrogen) atoms. The maximum atomic E-state index is 13.5.